The smallest absolute Gasteiger partial charge is 0.325 e. The van der Waals surface area contributed by atoms with Gasteiger partial charge in [0.25, 0.3) is 0 Å². The van der Waals surface area contributed by atoms with Gasteiger partial charge in [-0.25, -0.2) is 0 Å². The molecular formula is C21H23N3O4S2. The Labute approximate surface area is 183 Å². The Hall–Kier alpha value is -2.78. The number of unbranched alkanes of at least 4 members (excludes halogenated alkanes) is 2. The summed E-state index contributed by atoms with van der Waals surface area (Å²) in [6.45, 7) is 1.99. The first-order valence-electron chi connectivity index (χ1n) is 9.66. The standard InChI is InChI=1S/C21H23N3O4S2/c1-13(20(27)28)23-18(25)9-3-2-6-10-24-19(26)17(30-21(24)29)11-14-12-22-16-8-5-4-7-15(14)16/h4-5,7-8,11-13,26H,2-3,6,9-10H2,1H3,(H,23,25)(H,27,28)/b14-11+. The van der Waals surface area contributed by atoms with Crippen molar-refractivity contribution in [2.45, 2.75) is 45.2 Å². The van der Waals surface area contributed by atoms with Crippen LogP contribution in [0.15, 0.2) is 29.3 Å². The van der Waals surface area contributed by atoms with Crippen molar-refractivity contribution in [1.82, 2.24) is 9.88 Å². The predicted molar refractivity (Wildman–Crippen MR) is 121 cm³/mol. The molecule has 0 radical (unpaired) electrons. The largest absolute Gasteiger partial charge is 0.493 e. The molecule has 30 heavy (non-hydrogen) atoms. The van der Waals surface area contributed by atoms with E-state index in [4.69, 9.17) is 17.3 Å². The number of carboxylic acids is 1. The average molecular weight is 446 g/mol. The van der Waals surface area contributed by atoms with Crippen molar-refractivity contribution in [3.63, 3.8) is 0 Å². The molecule has 1 aromatic heterocycles. The molecule has 2 aromatic rings. The van der Waals surface area contributed by atoms with Crippen molar-refractivity contribution in [1.29, 1.82) is 0 Å². The molecule has 0 bridgehead atoms. The van der Waals surface area contributed by atoms with Crippen LogP contribution >= 0.6 is 23.6 Å². The zero-order valence-electron chi connectivity index (χ0n) is 16.5. The van der Waals surface area contributed by atoms with Crippen LogP contribution in [0, 0.1) is 3.95 Å². The van der Waals surface area contributed by atoms with E-state index in [0.29, 0.717) is 21.8 Å². The zero-order chi connectivity index (χ0) is 21.7. The van der Waals surface area contributed by atoms with Gasteiger partial charge in [0.1, 0.15) is 6.04 Å². The fourth-order valence-electron chi connectivity index (χ4n) is 3.11. The number of carbonyl (C=O) groups excluding carboxylic acids is 1. The summed E-state index contributed by atoms with van der Waals surface area (Å²) in [5.41, 5.74) is 2.87. The number of allylic oxidation sites excluding steroid dienone is 1. The Kier molecular flexibility index (Phi) is 7.17. The zero-order valence-corrected chi connectivity index (χ0v) is 18.1. The lowest BCUT2D eigenvalue weighted by Crippen LogP contribution is -2.38. The van der Waals surface area contributed by atoms with Crippen LogP contribution in [0.1, 0.15) is 43.0 Å². The van der Waals surface area contributed by atoms with Gasteiger partial charge in [0.15, 0.2) is 3.95 Å². The quantitative estimate of drug-likeness (QED) is 0.392. The average Bonchev–Trinajstić information content (AvgIpc) is 3.23. The molecule has 1 unspecified atom stereocenters. The Morgan fingerprint density at radius 1 is 1.30 bits per heavy atom. The predicted octanol–water partition coefficient (Wildman–Crippen LogP) is 4.39. The monoisotopic (exact) mass is 445 g/mol. The highest BCUT2D eigenvalue weighted by Crippen LogP contribution is 2.35. The van der Waals surface area contributed by atoms with Crippen LogP contribution in [0.5, 0.6) is 5.88 Å². The van der Waals surface area contributed by atoms with E-state index < -0.39 is 12.0 Å². The van der Waals surface area contributed by atoms with Gasteiger partial charge in [0.2, 0.25) is 11.8 Å². The molecule has 7 nitrogen and oxygen atoms in total. The number of hydrogen-bond acceptors (Lipinski definition) is 6. The van der Waals surface area contributed by atoms with E-state index >= 15 is 0 Å². The molecule has 3 N–H and O–H groups in total. The van der Waals surface area contributed by atoms with E-state index in [9.17, 15) is 14.7 Å². The first-order valence-corrected chi connectivity index (χ1v) is 10.9. The van der Waals surface area contributed by atoms with Gasteiger partial charge in [0.05, 0.1) is 10.6 Å². The van der Waals surface area contributed by atoms with Crippen molar-refractivity contribution >= 4 is 59.0 Å². The summed E-state index contributed by atoms with van der Waals surface area (Å²) in [5, 5.41) is 21.8. The molecule has 1 atom stereocenters. The van der Waals surface area contributed by atoms with E-state index in [1.54, 1.807) is 10.8 Å². The molecule has 0 aliphatic carbocycles. The normalized spacial score (nSPS) is 14.6. The third kappa shape index (κ3) is 5.22. The van der Waals surface area contributed by atoms with Crippen molar-refractivity contribution in [3.8, 4) is 5.88 Å². The number of aromatic nitrogens is 1. The van der Waals surface area contributed by atoms with Crippen molar-refractivity contribution < 1.29 is 19.8 Å². The fraction of sp³-hybridized carbons (Fsp3) is 0.333. The highest BCUT2D eigenvalue weighted by molar-refractivity contribution is 7.73. The van der Waals surface area contributed by atoms with Crippen molar-refractivity contribution in [3.05, 3.63) is 38.7 Å². The van der Waals surface area contributed by atoms with Crippen LogP contribution in [0.2, 0.25) is 0 Å². The van der Waals surface area contributed by atoms with Crippen molar-refractivity contribution in [2.75, 3.05) is 0 Å². The summed E-state index contributed by atoms with van der Waals surface area (Å²) in [7, 11) is 0. The molecule has 1 aliphatic rings. The minimum Gasteiger partial charge on any atom is -0.493 e. The lowest BCUT2D eigenvalue weighted by Gasteiger charge is -2.09. The number of amides is 1. The van der Waals surface area contributed by atoms with Gasteiger partial charge in [-0.15, -0.1) is 11.3 Å². The number of thiazole rings is 1. The molecule has 1 aromatic carbocycles. The second kappa shape index (κ2) is 9.82. The molecule has 0 spiro atoms. The van der Waals surface area contributed by atoms with Crippen LogP contribution in [-0.2, 0) is 16.1 Å². The number of rotatable bonds is 9. The van der Waals surface area contributed by atoms with Crippen LogP contribution in [0.4, 0.5) is 5.69 Å². The van der Waals surface area contributed by atoms with Gasteiger partial charge in [-0.2, -0.15) is 0 Å². The van der Waals surface area contributed by atoms with Gasteiger partial charge in [-0.1, -0.05) is 24.6 Å². The second-order valence-corrected chi connectivity index (χ2v) is 8.70. The number of aliphatic carboxylic acids is 1. The maximum absolute atomic E-state index is 11.7. The SMILES string of the molecule is CC(NC(=O)CCCCCn1c(O)c(/C=C2\C=Nc3ccccc32)sc1=S)C(=O)O. The molecule has 9 heteroatoms. The van der Waals surface area contributed by atoms with E-state index in [1.807, 2.05) is 30.3 Å². The molecule has 1 amide bonds. The first kappa shape index (κ1) is 21.9. The number of carbonyl (C=O) groups is 2. The number of hydrogen-bond donors (Lipinski definition) is 3. The third-order valence-corrected chi connectivity index (χ3v) is 6.16. The molecular weight excluding hydrogens is 422 g/mol. The molecule has 2 heterocycles. The minimum absolute atomic E-state index is 0.142. The lowest BCUT2D eigenvalue weighted by atomic mass is 10.1. The number of benzene rings is 1. The van der Waals surface area contributed by atoms with Crippen LogP contribution in [0.3, 0.4) is 0 Å². The Morgan fingerprint density at radius 3 is 2.83 bits per heavy atom. The van der Waals surface area contributed by atoms with Gasteiger partial charge >= 0.3 is 5.97 Å². The van der Waals surface area contributed by atoms with E-state index in [-0.39, 0.29) is 18.2 Å². The maximum Gasteiger partial charge on any atom is 0.325 e. The fourth-order valence-corrected chi connectivity index (χ4v) is 4.42. The summed E-state index contributed by atoms with van der Waals surface area (Å²) in [6, 6.07) is 6.95. The lowest BCUT2D eigenvalue weighted by molar-refractivity contribution is -0.141. The Balaban J connectivity index is 1.54. The third-order valence-electron chi connectivity index (χ3n) is 4.77. The first-order chi connectivity index (χ1) is 14.4. The molecule has 3 rings (SSSR count). The summed E-state index contributed by atoms with van der Waals surface area (Å²) in [4.78, 5) is 27.5. The van der Waals surface area contributed by atoms with Crippen LogP contribution in [-0.4, -0.2) is 38.9 Å². The molecule has 158 valence electrons. The van der Waals surface area contributed by atoms with Gasteiger partial charge in [0, 0.05) is 30.3 Å². The highest BCUT2D eigenvalue weighted by Gasteiger charge is 2.16. The van der Waals surface area contributed by atoms with Crippen LogP contribution < -0.4 is 5.32 Å². The number of aliphatic imine (C=N–C) groups is 1. The number of nitrogens with zero attached hydrogens (tertiary/aromatic N) is 2. The summed E-state index contributed by atoms with van der Waals surface area (Å²) >= 11 is 6.76. The van der Waals surface area contributed by atoms with Gasteiger partial charge < -0.3 is 15.5 Å². The molecule has 0 saturated carbocycles. The second-order valence-electron chi connectivity index (χ2n) is 7.02. The summed E-state index contributed by atoms with van der Waals surface area (Å²) in [5.74, 6) is -1.18. The maximum atomic E-state index is 11.7. The summed E-state index contributed by atoms with van der Waals surface area (Å²) in [6.07, 6.45) is 6.11. The molecule has 0 saturated heterocycles. The van der Waals surface area contributed by atoms with Gasteiger partial charge in [-0.3, -0.25) is 19.1 Å². The number of fused-ring (bicyclic) bond motifs is 1. The number of carboxylic acid groups (broad SMARTS) is 1. The van der Waals surface area contributed by atoms with E-state index in [0.717, 1.165) is 29.7 Å². The minimum atomic E-state index is -1.05. The van der Waals surface area contributed by atoms with E-state index in [2.05, 4.69) is 10.3 Å². The summed E-state index contributed by atoms with van der Waals surface area (Å²) < 4.78 is 2.30. The van der Waals surface area contributed by atoms with Gasteiger partial charge in [-0.05, 0) is 44.1 Å². The van der Waals surface area contributed by atoms with E-state index in [1.165, 1.54) is 18.3 Å². The topological polar surface area (TPSA) is 104 Å². The molecule has 0 fully saturated rings. The van der Waals surface area contributed by atoms with Crippen molar-refractivity contribution in [2.24, 2.45) is 4.99 Å². The molecule has 1 aliphatic heterocycles. The number of para-hydroxylation sites is 1. The Bertz CT molecular complexity index is 1070. The number of aromatic hydroxyl groups is 1. The van der Waals surface area contributed by atoms with Crippen LogP contribution in [0.25, 0.3) is 11.6 Å². The Morgan fingerprint density at radius 2 is 2.07 bits per heavy atom. The highest BCUT2D eigenvalue weighted by atomic mass is 32.1. The number of nitrogens with one attached hydrogen (secondary N) is 1.